The van der Waals surface area contributed by atoms with E-state index in [1.807, 2.05) is 65.6 Å². The summed E-state index contributed by atoms with van der Waals surface area (Å²) in [5.41, 5.74) is 3.83. The van der Waals surface area contributed by atoms with E-state index < -0.39 is 0 Å². The summed E-state index contributed by atoms with van der Waals surface area (Å²) in [6, 6.07) is 22.8. The van der Waals surface area contributed by atoms with Crippen molar-refractivity contribution < 1.29 is 9.53 Å². The van der Waals surface area contributed by atoms with Gasteiger partial charge in [-0.2, -0.15) is 5.26 Å². The van der Waals surface area contributed by atoms with Gasteiger partial charge in [-0.25, -0.2) is 0 Å². The van der Waals surface area contributed by atoms with Crippen LogP contribution in [0.4, 0.5) is 0 Å². The third kappa shape index (κ3) is 3.65. The standard InChI is InChI=1S/C25H21ClN2O2/c1-30-24-19(16-27)6-4-8-20(24)17-11-13-18(14-12-17)25(29)28-15-5-10-23(28)21-7-2-3-9-22(21)26/h2-4,6-9,11-14,23H,5,10,15H2,1H3/t23-/m1/s1. The summed E-state index contributed by atoms with van der Waals surface area (Å²) in [7, 11) is 1.56. The molecule has 30 heavy (non-hydrogen) atoms. The molecule has 5 heteroatoms. The molecule has 0 N–H and O–H groups in total. The molecular weight excluding hydrogens is 396 g/mol. The molecule has 3 aromatic carbocycles. The predicted molar refractivity (Wildman–Crippen MR) is 118 cm³/mol. The largest absolute Gasteiger partial charge is 0.495 e. The van der Waals surface area contributed by atoms with Crippen molar-refractivity contribution in [3.8, 4) is 22.9 Å². The van der Waals surface area contributed by atoms with Gasteiger partial charge in [0.1, 0.15) is 11.8 Å². The van der Waals surface area contributed by atoms with Crippen LogP contribution in [0.1, 0.15) is 40.4 Å². The van der Waals surface area contributed by atoms with Crippen molar-refractivity contribution in [1.82, 2.24) is 4.90 Å². The number of carbonyl (C=O) groups is 1. The third-order valence-electron chi connectivity index (χ3n) is 5.56. The number of nitriles is 1. The van der Waals surface area contributed by atoms with Crippen LogP contribution in [0.25, 0.3) is 11.1 Å². The first-order valence-corrected chi connectivity index (χ1v) is 10.2. The summed E-state index contributed by atoms with van der Waals surface area (Å²) in [4.78, 5) is 15.1. The molecule has 1 atom stereocenters. The lowest BCUT2D eigenvalue weighted by Gasteiger charge is -2.26. The molecule has 3 aromatic rings. The molecule has 150 valence electrons. The summed E-state index contributed by atoms with van der Waals surface area (Å²) < 4.78 is 5.44. The maximum absolute atomic E-state index is 13.2. The molecule has 1 aliphatic rings. The fourth-order valence-electron chi connectivity index (χ4n) is 4.11. The van der Waals surface area contributed by atoms with Gasteiger partial charge in [-0.1, -0.05) is 54.1 Å². The van der Waals surface area contributed by atoms with Gasteiger partial charge < -0.3 is 9.64 Å². The van der Waals surface area contributed by atoms with E-state index in [1.54, 1.807) is 13.2 Å². The number of benzene rings is 3. The van der Waals surface area contributed by atoms with E-state index in [0.29, 0.717) is 28.4 Å². The number of carbonyl (C=O) groups excluding carboxylic acids is 1. The van der Waals surface area contributed by atoms with Gasteiger partial charge in [0.2, 0.25) is 0 Å². The number of amides is 1. The fourth-order valence-corrected chi connectivity index (χ4v) is 4.37. The van der Waals surface area contributed by atoms with Crippen molar-refractivity contribution in [2.24, 2.45) is 0 Å². The van der Waals surface area contributed by atoms with Gasteiger partial charge in [0.15, 0.2) is 0 Å². The normalized spacial score (nSPS) is 15.6. The van der Waals surface area contributed by atoms with Crippen molar-refractivity contribution in [2.75, 3.05) is 13.7 Å². The van der Waals surface area contributed by atoms with Crippen molar-refractivity contribution >= 4 is 17.5 Å². The number of hydrogen-bond donors (Lipinski definition) is 0. The Morgan fingerprint density at radius 1 is 1.10 bits per heavy atom. The molecule has 1 aliphatic heterocycles. The van der Waals surface area contributed by atoms with Crippen LogP contribution in [-0.2, 0) is 0 Å². The van der Waals surface area contributed by atoms with Crippen molar-refractivity contribution in [3.05, 3.63) is 88.4 Å². The van der Waals surface area contributed by atoms with Gasteiger partial charge in [-0.3, -0.25) is 4.79 Å². The van der Waals surface area contributed by atoms with Crippen LogP contribution < -0.4 is 4.74 Å². The monoisotopic (exact) mass is 416 g/mol. The van der Waals surface area contributed by atoms with Crippen molar-refractivity contribution in [1.29, 1.82) is 5.26 Å². The number of rotatable bonds is 4. The highest BCUT2D eigenvalue weighted by Gasteiger charge is 2.31. The maximum Gasteiger partial charge on any atom is 0.254 e. The predicted octanol–water partition coefficient (Wildman–Crippen LogP) is 5.86. The number of hydrogen-bond acceptors (Lipinski definition) is 3. The quantitative estimate of drug-likeness (QED) is 0.534. The SMILES string of the molecule is COc1c(C#N)cccc1-c1ccc(C(=O)N2CCC[C@@H]2c2ccccc2Cl)cc1. The van der Waals surface area contributed by atoms with Crippen LogP contribution in [0.15, 0.2) is 66.7 Å². The Kier molecular flexibility index (Phi) is 5.74. The molecule has 0 saturated carbocycles. The van der Waals surface area contributed by atoms with E-state index in [4.69, 9.17) is 16.3 Å². The number of ether oxygens (including phenoxy) is 1. The molecule has 1 amide bonds. The van der Waals surface area contributed by atoms with Gasteiger partial charge >= 0.3 is 0 Å². The second kappa shape index (κ2) is 8.61. The zero-order valence-corrected chi connectivity index (χ0v) is 17.4. The Bertz CT molecular complexity index is 1120. The first-order chi connectivity index (χ1) is 14.6. The Hall–Kier alpha value is -3.29. The number of halogens is 1. The fraction of sp³-hybridized carbons (Fsp3) is 0.200. The van der Waals surface area contributed by atoms with Gasteiger partial charge in [0.05, 0.1) is 18.7 Å². The molecule has 1 fully saturated rings. The van der Waals surface area contributed by atoms with Crippen LogP contribution >= 0.6 is 11.6 Å². The van der Waals surface area contributed by atoms with Crippen LogP contribution in [0, 0.1) is 11.3 Å². The van der Waals surface area contributed by atoms with Gasteiger partial charge in [0, 0.05) is 22.7 Å². The highest BCUT2D eigenvalue weighted by atomic mass is 35.5. The minimum Gasteiger partial charge on any atom is -0.495 e. The topological polar surface area (TPSA) is 53.3 Å². The number of methoxy groups -OCH3 is 1. The second-order valence-corrected chi connectivity index (χ2v) is 7.66. The van der Waals surface area contributed by atoms with Crippen LogP contribution in [0.5, 0.6) is 5.75 Å². The number of nitrogens with zero attached hydrogens (tertiary/aromatic N) is 2. The van der Waals surface area contributed by atoms with Crippen LogP contribution in [-0.4, -0.2) is 24.5 Å². The van der Waals surface area contributed by atoms with Crippen molar-refractivity contribution in [3.63, 3.8) is 0 Å². The van der Waals surface area contributed by atoms with Gasteiger partial charge in [-0.05, 0) is 48.2 Å². The molecule has 0 aliphatic carbocycles. The second-order valence-electron chi connectivity index (χ2n) is 7.25. The summed E-state index contributed by atoms with van der Waals surface area (Å²) in [5.74, 6) is 0.541. The zero-order valence-electron chi connectivity index (χ0n) is 16.6. The molecule has 0 aromatic heterocycles. The lowest BCUT2D eigenvalue weighted by atomic mass is 9.99. The van der Waals surface area contributed by atoms with E-state index in [0.717, 1.165) is 29.5 Å². The highest BCUT2D eigenvalue weighted by molar-refractivity contribution is 6.31. The van der Waals surface area contributed by atoms with Gasteiger partial charge in [-0.15, -0.1) is 0 Å². The molecular formula is C25H21ClN2O2. The third-order valence-corrected chi connectivity index (χ3v) is 5.90. The average molecular weight is 417 g/mol. The lowest BCUT2D eigenvalue weighted by Crippen LogP contribution is -2.30. The molecule has 4 rings (SSSR count). The molecule has 1 heterocycles. The van der Waals surface area contributed by atoms with Crippen LogP contribution in [0.3, 0.4) is 0 Å². The minimum absolute atomic E-state index is 0.00158. The first kappa shape index (κ1) is 20.0. The number of likely N-dealkylation sites (tertiary alicyclic amines) is 1. The van der Waals surface area contributed by atoms with E-state index >= 15 is 0 Å². The molecule has 0 unspecified atom stereocenters. The first-order valence-electron chi connectivity index (χ1n) is 9.87. The Balaban J connectivity index is 1.61. The molecule has 0 spiro atoms. The lowest BCUT2D eigenvalue weighted by molar-refractivity contribution is 0.0736. The average Bonchev–Trinajstić information content (AvgIpc) is 3.28. The summed E-state index contributed by atoms with van der Waals surface area (Å²) in [5, 5.41) is 10.0. The molecule has 0 bridgehead atoms. The van der Waals surface area contributed by atoms with E-state index in [2.05, 4.69) is 6.07 Å². The van der Waals surface area contributed by atoms with E-state index in [-0.39, 0.29) is 11.9 Å². The Morgan fingerprint density at radius 2 is 1.87 bits per heavy atom. The van der Waals surface area contributed by atoms with Crippen LogP contribution in [0.2, 0.25) is 5.02 Å². The molecule has 0 radical (unpaired) electrons. The summed E-state index contributed by atoms with van der Waals surface area (Å²) in [6.45, 7) is 0.717. The minimum atomic E-state index is -0.00159. The molecule has 4 nitrogen and oxygen atoms in total. The van der Waals surface area contributed by atoms with E-state index in [9.17, 15) is 10.1 Å². The summed E-state index contributed by atoms with van der Waals surface area (Å²) >= 11 is 6.39. The van der Waals surface area contributed by atoms with E-state index in [1.165, 1.54) is 0 Å². The zero-order chi connectivity index (χ0) is 21.1. The number of para-hydroxylation sites is 1. The molecule has 1 saturated heterocycles. The summed E-state index contributed by atoms with van der Waals surface area (Å²) in [6.07, 6.45) is 1.86. The highest BCUT2D eigenvalue weighted by Crippen LogP contribution is 2.37. The smallest absolute Gasteiger partial charge is 0.254 e. The maximum atomic E-state index is 13.2. The Morgan fingerprint density at radius 3 is 2.57 bits per heavy atom. The van der Waals surface area contributed by atoms with Crippen molar-refractivity contribution in [2.45, 2.75) is 18.9 Å². The Labute approximate surface area is 181 Å². The van der Waals surface area contributed by atoms with Gasteiger partial charge in [0.25, 0.3) is 5.91 Å².